The van der Waals surface area contributed by atoms with Gasteiger partial charge < -0.3 is 4.90 Å². The number of carbonyl (C=O) groups excluding carboxylic acids is 1. The number of allylic oxidation sites excluding steroid dienone is 1. The molecule has 0 unspecified atom stereocenters. The lowest BCUT2D eigenvalue weighted by atomic mass is 9.65. The van der Waals surface area contributed by atoms with Crippen molar-refractivity contribution in [2.24, 2.45) is 0 Å². The van der Waals surface area contributed by atoms with E-state index in [4.69, 9.17) is 0 Å². The predicted molar refractivity (Wildman–Crippen MR) is 101 cm³/mol. The van der Waals surface area contributed by atoms with E-state index >= 15 is 0 Å². The smallest absolute Gasteiger partial charge is 0.222 e. The van der Waals surface area contributed by atoms with Crippen molar-refractivity contribution in [2.75, 3.05) is 14.1 Å². The molecular formula is C22H24N2O. The van der Waals surface area contributed by atoms with E-state index in [2.05, 4.69) is 12.6 Å². The van der Waals surface area contributed by atoms with Crippen LogP contribution in [0.15, 0.2) is 73.3 Å². The second-order valence-corrected chi connectivity index (χ2v) is 6.40. The first kappa shape index (κ1) is 18.5. The Balaban J connectivity index is 2.63. The fraction of sp³-hybridized carbons (Fsp3) is 0.273. The van der Waals surface area contributed by atoms with Crippen LogP contribution in [-0.2, 0) is 10.2 Å². The first-order valence-electron chi connectivity index (χ1n) is 8.38. The number of amides is 1. The number of rotatable bonds is 7. The summed E-state index contributed by atoms with van der Waals surface area (Å²) in [5, 5.41) is 10.2. The van der Waals surface area contributed by atoms with Crippen molar-refractivity contribution in [3.05, 3.63) is 84.4 Å². The fourth-order valence-corrected chi connectivity index (χ4v) is 3.23. The van der Waals surface area contributed by atoms with E-state index in [1.54, 1.807) is 25.1 Å². The minimum Gasteiger partial charge on any atom is -0.349 e. The van der Waals surface area contributed by atoms with E-state index in [-0.39, 0.29) is 18.2 Å². The molecule has 2 atom stereocenters. The second kappa shape index (κ2) is 8.30. The summed E-state index contributed by atoms with van der Waals surface area (Å²) in [4.78, 5) is 14.1. The van der Waals surface area contributed by atoms with Gasteiger partial charge in [-0.05, 0) is 17.5 Å². The third kappa shape index (κ3) is 3.97. The normalized spacial score (nSPS) is 14.0. The van der Waals surface area contributed by atoms with E-state index in [1.807, 2.05) is 60.7 Å². The van der Waals surface area contributed by atoms with Gasteiger partial charge in [-0.3, -0.25) is 4.79 Å². The minimum absolute atomic E-state index is 0.00784. The SMILES string of the molecule is C=CC[C@](C#N)(c1ccccc1)[C@@H](CC(=O)N(C)C)c1ccccc1. The van der Waals surface area contributed by atoms with E-state index < -0.39 is 5.41 Å². The molecular weight excluding hydrogens is 308 g/mol. The molecule has 0 aliphatic carbocycles. The molecule has 0 aliphatic heterocycles. The summed E-state index contributed by atoms with van der Waals surface area (Å²) < 4.78 is 0. The highest BCUT2D eigenvalue weighted by Crippen LogP contribution is 2.44. The Bertz CT molecular complexity index is 747. The van der Waals surface area contributed by atoms with Crippen LogP contribution in [0.2, 0.25) is 0 Å². The molecule has 0 fully saturated rings. The molecule has 3 heteroatoms. The average Bonchev–Trinajstić information content (AvgIpc) is 2.65. The summed E-state index contributed by atoms with van der Waals surface area (Å²) in [7, 11) is 3.49. The number of nitrogens with zero attached hydrogens (tertiary/aromatic N) is 2. The van der Waals surface area contributed by atoms with Crippen molar-refractivity contribution in [2.45, 2.75) is 24.2 Å². The maximum absolute atomic E-state index is 12.5. The third-order valence-corrected chi connectivity index (χ3v) is 4.63. The highest BCUT2D eigenvalue weighted by atomic mass is 16.2. The number of carbonyl (C=O) groups is 1. The van der Waals surface area contributed by atoms with Crippen LogP contribution in [0.3, 0.4) is 0 Å². The van der Waals surface area contributed by atoms with E-state index in [0.29, 0.717) is 6.42 Å². The zero-order chi connectivity index (χ0) is 18.3. The van der Waals surface area contributed by atoms with Crippen molar-refractivity contribution in [1.82, 2.24) is 4.90 Å². The van der Waals surface area contributed by atoms with E-state index in [0.717, 1.165) is 11.1 Å². The van der Waals surface area contributed by atoms with Gasteiger partial charge in [0.05, 0.1) is 11.5 Å². The van der Waals surface area contributed by atoms with Crippen molar-refractivity contribution in [1.29, 1.82) is 5.26 Å². The van der Waals surface area contributed by atoms with Crippen LogP contribution in [0.25, 0.3) is 0 Å². The van der Waals surface area contributed by atoms with Crippen LogP contribution in [0.4, 0.5) is 0 Å². The van der Waals surface area contributed by atoms with E-state index in [9.17, 15) is 10.1 Å². The number of nitriles is 1. The highest BCUT2D eigenvalue weighted by molar-refractivity contribution is 5.77. The quantitative estimate of drug-likeness (QED) is 0.710. The Kier molecular flexibility index (Phi) is 6.14. The molecule has 0 aliphatic rings. The van der Waals surface area contributed by atoms with Gasteiger partial charge in [0.1, 0.15) is 0 Å². The number of benzene rings is 2. The Labute approximate surface area is 150 Å². The summed E-state index contributed by atoms with van der Waals surface area (Å²) in [6.07, 6.45) is 2.52. The van der Waals surface area contributed by atoms with Crippen LogP contribution in [0.1, 0.15) is 29.9 Å². The lowest BCUT2D eigenvalue weighted by Crippen LogP contribution is -2.36. The van der Waals surface area contributed by atoms with Gasteiger partial charge in [-0.15, -0.1) is 6.58 Å². The van der Waals surface area contributed by atoms with Crippen molar-refractivity contribution >= 4 is 5.91 Å². The Morgan fingerprint density at radius 3 is 2.20 bits per heavy atom. The number of hydrogen-bond donors (Lipinski definition) is 0. The zero-order valence-corrected chi connectivity index (χ0v) is 14.9. The van der Waals surface area contributed by atoms with Gasteiger partial charge in [0, 0.05) is 26.4 Å². The van der Waals surface area contributed by atoms with Gasteiger partial charge >= 0.3 is 0 Å². The summed E-state index contributed by atoms with van der Waals surface area (Å²) in [5.41, 5.74) is 1.07. The first-order chi connectivity index (χ1) is 12.0. The Morgan fingerprint density at radius 2 is 1.72 bits per heavy atom. The third-order valence-electron chi connectivity index (χ3n) is 4.63. The van der Waals surface area contributed by atoms with Crippen molar-refractivity contribution in [3.8, 4) is 6.07 Å². The predicted octanol–water partition coefficient (Wildman–Crippen LogP) is 4.29. The molecule has 0 spiro atoms. The summed E-state index contributed by atoms with van der Waals surface area (Å²) in [6.45, 7) is 3.86. The molecule has 0 aromatic heterocycles. The minimum atomic E-state index is -0.837. The molecule has 2 rings (SSSR count). The van der Waals surface area contributed by atoms with Gasteiger partial charge in [0.25, 0.3) is 0 Å². The van der Waals surface area contributed by atoms with Gasteiger partial charge in [-0.1, -0.05) is 66.7 Å². The second-order valence-electron chi connectivity index (χ2n) is 6.40. The standard InChI is InChI=1S/C22H24N2O/c1-4-15-22(17-23,19-13-9-6-10-14-19)20(16-21(25)24(2)3)18-11-7-5-8-12-18/h4-14,20H,1,15-16H2,2-3H3/t20-,22-/m0/s1. The molecule has 0 N–H and O–H groups in total. The molecule has 128 valence electrons. The maximum atomic E-state index is 12.5. The molecule has 0 heterocycles. The molecule has 1 amide bonds. The van der Waals surface area contributed by atoms with Gasteiger partial charge in [0.2, 0.25) is 5.91 Å². The zero-order valence-electron chi connectivity index (χ0n) is 14.9. The first-order valence-corrected chi connectivity index (χ1v) is 8.38. The summed E-state index contributed by atoms with van der Waals surface area (Å²) >= 11 is 0. The number of hydrogen-bond acceptors (Lipinski definition) is 2. The molecule has 0 radical (unpaired) electrons. The largest absolute Gasteiger partial charge is 0.349 e. The van der Waals surface area contributed by atoms with E-state index in [1.165, 1.54) is 0 Å². The topological polar surface area (TPSA) is 44.1 Å². The molecule has 0 saturated carbocycles. The highest BCUT2D eigenvalue weighted by Gasteiger charge is 2.42. The lowest BCUT2D eigenvalue weighted by molar-refractivity contribution is -0.129. The molecule has 25 heavy (non-hydrogen) atoms. The average molecular weight is 332 g/mol. The molecule has 0 bridgehead atoms. The lowest BCUT2D eigenvalue weighted by Gasteiger charge is -2.35. The Morgan fingerprint density at radius 1 is 1.16 bits per heavy atom. The fourth-order valence-electron chi connectivity index (χ4n) is 3.23. The van der Waals surface area contributed by atoms with Crippen molar-refractivity contribution in [3.63, 3.8) is 0 Å². The van der Waals surface area contributed by atoms with Crippen LogP contribution in [0, 0.1) is 11.3 Å². The monoisotopic (exact) mass is 332 g/mol. The van der Waals surface area contributed by atoms with Gasteiger partial charge in [-0.2, -0.15) is 5.26 Å². The van der Waals surface area contributed by atoms with Crippen LogP contribution < -0.4 is 0 Å². The maximum Gasteiger partial charge on any atom is 0.222 e. The van der Waals surface area contributed by atoms with Gasteiger partial charge in [0.15, 0.2) is 0 Å². The molecule has 2 aromatic carbocycles. The van der Waals surface area contributed by atoms with Crippen LogP contribution in [-0.4, -0.2) is 24.9 Å². The van der Waals surface area contributed by atoms with Gasteiger partial charge in [-0.25, -0.2) is 0 Å². The van der Waals surface area contributed by atoms with Crippen molar-refractivity contribution < 1.29 is 4.79 Å². The van der Waals surface area contributed by atoms with Crippen LogP contribution >= 0.6 is 0 Å². The molecule has 3 nitrogen and oxygen atoms in total. The van der Waals surface area contributed by atoms with Crippen LogP contribution in [0.5, 0.6) is 0 Å². The molecule has 2 aromatic rings. The summed E-state index contributed by atoms with van der Waals surface area (Å²) in [5.74, 6) is -0.248. The molecule has 0 saturated heterocycles. The summed E-state index contributed by atoms with van der Waals surface area (Å²) in [6, 6.07) is 22.1. The Hall–Kier alpha value is -2.86.